The second-order valence-corrected chi connectivity index (χ2v) is 7.34. The van der Waals surface area contributed by atoms with Crippen molar-refractivity contribution in [2.75, 3.05) is 10.6 Å². The third-order valence-corrected chi connectivity index (χ3v) is 4.65. The van der Waals surface area contributed by atoms with Gasteiger partial charge in [-0.2, -0.15) is 0 Å². The van der Waals surface area contributed by atoms with Crippen LogP contribution in [0.5, 0.6) is 0 Å². The molecule has 0 bridgehead atoms. The van der Waals surface area contributed by atoms with E-state index in [0.29, 0.717) is 18.6 Å². The number of hydrogen-bond acceptors (Lipinski definition) is 4. The third-order valence-electron chi connectivity index (χ3n) is 4.65. The zero-order valence-corrected chi connectivity index (χ0v) is 17.4. The standard InChI is InChI=1S/C24H25BN4O/c1-16-4-9-23(21(10-16)14-25)28-17(2)11-19-5-7-20(8-6-19)12-22-13-24(27-15-26-22)29-18(3)30/h4-10,13,15,28H,2,11-12,14H2,1,3H3,(H,26,27,29,30). The molecule has 0 saturated carbocycles. The molecule has 2 radical (unpaired) electrons. The molecule has 0 aliphatic carbocycles. The van der Waals surface area contributed by atoms with Gasteiger partial charge in [0.15, 0.2) is 0 Å². The highest BCUT2D eigenvalue weighted by atomic mass is 16.1. The van der Waals surface area contributed by atoms with E-state index in [1.165, 1.54) is 24.4 Å². The van der Waals surface area contributed by atoms with Crippen molar-refractivity contribution in [2.24, 2.45) is 0 Å². The van der Waals surface area contributed by atoms with Crippen LogP contribution in [0.1, 0.15) is 34.9 Å². The molecule has 1 amide bonds. The molecule has 0 aliphatic heterocycles. The van der Waals surface area contributed by atoms with Gasteiger partial charge in [0.1, 0.15) is 12.1 Å². The fourth-order valence-electron chi connectivity index (χ4n) is 3.22. The van der Waals surface area contributed by atoms with Crippen LogP contribution in [0.25, 0.3) is 0 Å². The lowest BCUT2D eigenvalue weighted by Crippen LogP contribution is -2.08. The van der Waals surface area contributed by atoms with Crippen molar-refractivity contribution >= 4 is 25.3 Å². The molecule has 6 heteroatoms. The van der Waals surface area contributed by atoms with E-state index in [1.807, 2.05) is 6.07 Å². The molecular formula is C24H25BN4O. The van der Waals surface area contributed by atoms with Gasteiger partial charge in [0.2, 0.25) is 5.91 Å². The molecule has 3 aromatic rings. The maximum absolute atomic E-state index is 11.2. The van der Waals surface area contributed by atoms with E-state index >= 15 is 0 Å². The number of allylic oxidation sites excluding steroid dienone is 1. The van der Waals surface area contributed by atoms with Crippen LogP contribution in [0.3, 0.4) is 0 Å². The number of aromatic nitrogens is 2. The summed E-state index contributed by atoms with van der Waals surface area (Å²) < 4.78 is 0. The van der Waals surface area contributed by atoms with E-state index in [9.17, 15) is 4.79 Å². The molecule has 150 valence electrons. The number of rotatable bonds is 8. The highest BCUT2D eigenvalue weighted by Gasteiger charge is 2.05. The molecule has 2 aromatic carbocycles. The third kappa shape index (κ3) is 6.04. The van der Waals surface area contributed by atoms with Crippen LogP contribution in [-0.2, 0) is 24.0 Å². The normalized spacial score (nSPS) is 10.5. The highest BCUT2D eigenvalue weighted by Crippen LogP contribution is 2.20. The van der Waals surface area contributed by atoms with Gasteiger partial charge in [-0.1, -0.05) is 54.9 Å². The lowest BCUT2D eigenvalue weighted by atomic mass is 9.94. The molecule has 1 aromatic heterocycles. The Morgan fingerprint density at radius 3 is 2.47 bits per heavy atom. The summed E-state index contributed by atoms with van der Waals surface area (Å²) in [6, 6.07) is 16.3. The lowest BCUT2D eigenvalue weighted by Gasteiger charge is -2.14. The molecule has 0 fully saturated rings. The maximum atomic E-state index is 11.2. The number of anilines is 2. The first kappa shape index (κ1) is 21.3. The van der Waals surface area contributed by atoms with Crippen LogP contribution in [0.4, 0.5) is 11.5 Å². The number of carbonyl (C=O) groups is 1. The topological polar surface area (TPSA) is 66.9 Å². The summed E-state index contributed by atoms with van der Waals surface area (Å²) >= 11 is 0. The molecule has 5 nitrogen and oxygen atoms in total. The Labute approximate surface area is 179 Å². The highest BCUT2D eigenvalue weighted by molar-refractivity contribution is 6.08. The first-order valence-electron chi connectivity index (χ1n) is 9.83. The van der Waals surface area contributed by atoms with Crippen LogP contribution < -0.4 is 10.6 Å². The predicted octanol–water partition coefficient (Wildman–Crippen LogP) is 4.17. The second-order valence-electron chi connectivity index (χ2n) is 7.34. The van der Waals surface area contributed by atoms with E-state index in [1.54, 1.807) is 6.07 Å². The fraction of sp³-hybridized carbons (Fsp3) is 0.208. The zero-order chi connectivity index (χ0) is 21.5. The first-order chi connectivity index (χ1) is 14.4. The number of amides is 1. The Hall–Kier alpha value is -3.41. The van der Waals surface area contributed by atoms with Gasteiger partial charge in [-0.25, -0.2) is 9.97 Å². The minimum absolute atomic E-state index is 0.151. The first-order valence-corrected chi connectivity index (χ1v) is 9.83. The Morgan fingerprint density at radius 2 is 1.77 bits per heavy atom. The van der Waals surface area contributed by atoms with Gasteiger partial charge in [-0.3, -0.25) is 4.79 Å². The Kier molecular flexibility index (Phi) is 7.01. The number of carbonyl (C=O) groups excluding carboxylic acids is 1. The zero-order valence-electron chi connectivity index (χ0n) is 17.4. The number of nitrogens with zero attached hydrogens (tertiary/aromatic N) is 2. The molecule has 2 N–H and O–H groups in total. The molecule has 0 aliphatic rings. The lowest BCUT2D eigenvalue weighted by molar-refractivity contribution is -0.114. The van der Waals surface area contributed by atoms with Crippen LogP contribution in [0.15, 0.2) is 67.1 Å². The molecule has 0 saturated heterocycles. The van der Waals surface area contributed by atoms with Crippen molar-refractivity contribution in [3.05, 3.63) is 95.1 Å². The van der Waals surface area contributed by atoms with Crippen molar-refractivity contribution in [3.63, 3.8) is 0 Å². The summed E-state index contributed by atoms with van der Waals surface area (Å²) in [4.78, 5) is 19.5. The molecule has 3 rings (SSSR count). The summed E-state index contributed by atoms with van der Waals surface area (Å²) in [5.41, 5.74) is 7.33. The van der Waals surface area contributed by atoms with Crippen molar-refractivity contribution in [3.8, 4) is 0 Å². The molecule has 0 unspecified atom stereocenters. The summed E-state index contributed by atoms with van der Waals surface area (Å²) in [5.74, 6) is 0.363. The van der Waals surface area contributed by atoms with Gasteiger partial charge in [0.05, 0.1) is 13.5 Å². The Bertz CT molecular complexity index is 1050. The number of nitrogens with one attached hydrogen (secondary N) is 2. The van der Waals surface area contributed by atoms with Gasteiger partial charge in [-0.15, -0.1) is 0 Å². The summed E-state index contributed by atoms with van der Waals surface area (Å²) in [7, 11) is 5.86. The SMILES string of the molecule is [B]Cc1cc(C)ccc1NC(=C)Cc1ccc(Cc2cc(NC(C)=O)ncn2)cc1. The van der Waals surface area contributed by atoms with Gasteiger partial charge in [-0.05, 0) is 29.7 Å². The quantitative estimate of drug-likeness (QED) is 0.561. The molecular weight excluding hydrogens is 371 g/mol. The number of hydrogen-bond donors (Lipinski definition) is 2. The van der Waals surface area contributed by atoms with Crippen molar-refractivity contribution in [1.82, 2.24) is 9.97 Å². The van der Waals surface area contributed by atoms with E-state index in [-0.39, 0.29) is 5.91 Å². The van der Waals surface area contributed by atoms with Gasteiger partial charge >= 0.3 is 0 Å². The minimum Gasteiger partial charge on any atom is -0.359 e. The van der Waals surface area contributed by atoms with Crippen molar-refractivity contribution in [2.45, 2.75) is 33.0 Å². The van der Waals surface area contributed by atoms with E-state index in [4.69, 9.17) is 7.85 Å². The summed E-state index contributed by atoms with van der Waals surface area (Å²) in [6.07, 6.45) is 3.33. The average Bonchev–Trinajstić information content (AvgIpc) is 2.70. The smallest absolute Gasteiger partial charge is 0.222 e. The molecule has 0 spiro atoms. The van der Waals surface area contributed by atoms with Gasteiger partial charge in [0.25, 0.3) is 0 Å². The van der Waals surface area contributed by atoms with Crippen LogP contribution >= 0.6 is 0 Å². The fourth-order valence-corrected chi connectivity index (χ4v) is 3.22. The maximum Gasteiger partial charge on any atom is 0.222 e. The largest absolute Gasteiger partial charge is 0.359 e. The Morgan fingerprint density at radius 1 is 1.03 bits per heavy atom. The molecule has 30 heavy (non-hydrogen) atoms. The van der Waals surface area contributed by atoms with Crippen LogP contribution in [0, 0.1) is 6.92 Å². The van der Waals surface area contributed by atoms with Crippen LogP contribution in [-0.4, -0.2) is 23.7 Å². The second kappa shape index (κ2) is 9.88. The number of aryl methyl sites for hydroxylation is 1. The van der Waals surface area contributed by atoms with E-state index in [2.05, 4.69) is 70.5 Å². The Balaban J connectivity index is 1.61. The van der Waals surface area contributed by atoms with Gasteiger partial charge in [0, 0.05) is 37.2 Å². The summed E-state index contributed by atoms with van der Waals surface area (Å²) in [5, 5.41) is 6.07. The van der Waals surface area contributed by atoms with Crippen molar-refractivity contribution < 1.29 is 4.79 Å². The predicted molar refractivity (Wildman–Crippen MR) is 123 cm³/mol. The van der Waals surface area contributed by atoms with Crippen LogP contribution in [0.2, 0.25) is 0 Å². The molecule has 0 atom stereocenters. The van der Waals surface area contributed by atoms with E-state index < -0.39 is 0 Å². The van der Waals surface area contributed by atoms with Crippen molar-refractivity contribution in [1.29, 1.82) is 0 Å². The number of benzene rings is 2. The molecule has 1 heterocycles. The van der Waals surface area contributed by atoms with E-state index in [0.717, 1.165) is 34.6 Å². The monoisotopic (exact) mass is 396 g/mol. The minimum atomic E-state index is -0.151. The average molecular weight is 396 g/mol. The summed E-state index contributed by atoms with van der Waals surface area (Å²) in [6.45, 7) is 7.68. The van der Waals surface area contributed by atoms with Gasteiger partial charge < -0.3 is 10.6 Å².